The molecule has 1 aromatic heterocycles. The van der Waals surface area contributed by atoms with Gasteiger partial charge in [-0.25, -0.2) is 4.79 Å². The second kappa shape index (κ2) is 10.4. The molecule has 2 heterocycles. The molecule has 7 heteroatoms. The highest BCUT2D eigenvalue weighted by Crippen LogP contribution is 2.44. The fraction of sp³-hybridized carbons (Fsp3) is 0.345. The number of nitrogens with zero attached hydrogens (tertiary/aromatic N) is 3. The van der Waals surface area contributed by atoms with Crippen LogP contribution in [0.3, 0.4) is 0 Å². The van der Waals surface area contributed by atoms with Crippen LogP contribution >= 0.6 is 0 Å². The molecule has 0 saturated carbocycles. The second-order valence-corrected chi connectivity index (χ2v) is 10.0. The Labute approximate surface area is 211 Å². The van der Waals surface area contributed by atoms with E-state index in [2.05, 4.69) is 6.07 Å². The van der Waals surface area contributed by atoms with E-state index < -0.39 is 11.0 Å². The number of hydrogen-bond acceptors (Lipinski definition) is 4. The first-order valence-corrected chi connectivity index (χ1v) is 11.9. The van der Waals surface area contributed by atoms with Crippen molar-refractivity contribution in [1.82, 2.24) is 9.47 Å². The van der Waals surface area contributed by atoms with Crippen molar-refractivity contribution in [3.8, 4) is 17.2 Å². The third kappa shape index (κ3) is 5.34. The van der Waals surface area contributed by atoms with Gasteiger partial charge in [-0.2, -0.15) is 5.26 Å². The number of ether oxygens (including phenoxy) is 1. The zero-order valence-corrected chi connectivity index (χ0v) is 21.2. The lowest BCUT2D eigenvalue weighted by Crippen LogP contribution is -2.50. The summed E-state index contributed by atoms with van der Waals surface area (Å²) in [4.78, 5) is 27.0. The number of nitriles is 1. The first-order valence-electron chi connectivity index (χ1n) is 11.9. The summed E-state index contributed by atoms with van der Waals surface area (Å²) in [6.45, 7) is 6.27. The molecule has 0 spiro atoms. The Hall–Kier alpha value is -3.89. The first-order chi connectivity index (χ1) is 16.6. The molecular formula is C29H33N3O4. The first kappa shape index (κ1) is 26.7. The van der Waals surface area contributed by atoms with Crippen LogP contribution in [0.2, 0.25) is 0 Å². The summed E-state index contributed by atoms with van der Waals surface area (Å²) < 4.78 is 7.71. The number of aryl methyl sites for hydroxylation is 1. The molecule has 36 heavy (non-hydrogen) atoms. The number of amides is 1. The van der Waals surface area contributed by atoms with E-state index in [-0.39, 0.29) is 23.2 Å². The standard InChI is InChI=1S/C29H31N3O3.H2O/c1-21(22-10-12-23(13-11-22)24-14-16-31(4)26(33)18-24)32-17-15-29(35-27(32)34,19-28(2,3)20-30)25-8-6-5-7-9-25;/h5-14,16,18,21H,15,17,19H2,1-4H3;1H2/t21-,29-;/m0./s1. The summed E-state index contributed by atoms with van der Waals surface area (Å²) in [6, 6.07) is 23.4. The van der Waals surface area contributed by atoms with Crippen molar-refractivity contribution < 1.29 is 15.0 Å². The van der Waals surface area contributed by atoms with Crippen molar-refractivity contribution in [1.29, 1.82) is 5.26 Å². The van der Waals surface area contributed by atoms with Gasteiger partial charge in [0, 0.05) is 38.7 Å². The molecule has 1 fully saturated rings. The van der Waals surface area contributed by atoms with Gasteiger partial charge in [0.2, 0.25) is 0 Å². The van der Waals surface area contributed by atoms with Gasteiger partial charge in [0.1, 0.15) is 5.60 Å². The minimum absolute atomic E-state index is 0. The second-order valence-electron chi connectivity index (χ2n) is 10.0. The monoisotopic (exact) mass is 487 g/mol. The summed E-state index contributed by atoms with van der Waals surface area (Å²) in [6.07, 6.45) is 2.41. The van der Waals surface area contributed by atoms with Gasteiger partial charge in [0.05, 0.1) is 17.5 Å². The number of carbonyl (C=O) groups excluding carboxylic acids is 1. The molecule has 1 amide bonds. The fourth-order valence-electron chi connectivity index (χ4n) is 4.81. The minimum atomic E-state index is -0.836. The van der Waals surface area contributed by atoms with Crippen LogP contribution in [-0.2, 0) is 17.4 Å². The van der Waals surface area contributed by atoms with Crippen LogP contribution in [0.25, 0.3) is 11.1 Å². The van der Waals surface area contributed by atoms with E-state index in [0.29, 0.717) is 19.4 Å². The van der Waals surface area contributed by atoms with Crippen molar-refractivity contribution in [2.24, 2.45) is 12.5 Å². The molecular weight excluding hydrogens is 454 g/mol. The van der Waals surface area contributed by atoms with Gasteiger partial charge in [0.15, 0.2) is 0 Å². The van der Waals surface area contributed by atoms with E-state index in [4.69, 9.17) is 4.74 Å². The van der Waals surface area contributed by atoms with Gasteiger partial charge in [-0.05, 0) is 49.1 Å². The molecule has 2 N–H and O–H groups in total. The predicted octanol–water partition coefficient (Wildman–Crippen LogP) is 4.97. The highest BCUT2D eigenvalue weighted by Gasteiger charge is 2.46. The van der Waals surface area contributed by atoms with Gasteiger partial charge < -0.3 is 19.7 Å². The van der Waals surface area contributed by atoms with E-state index in [1.54, 1.807) is 24.2 Å². The Morgan fingerprint density at radius 1 is 1.06 bits per heavy atom. The van der Waals surface area contributed by atoms with E-state index >= 15 is 0 Å². The molecule has 0 aliphatic carbocycles. The van der Waals surface area contributed by atoms with Gasteiger partial charge in [-0.1, -0.05) is 54.6 Å². The van der Waals surface area contributed by atoms with Gasteiger partial charge in [-0.3, -0.25) is 4.79 Å². The summed E-state index contributed by atoms with van der Waals surface area (Å²) >= 11 is 0. The number of aromatic nitrogens is 1. The molecule has 0 radical (unpaired) electrons. The molecule has 188 valence electrons. The zero-order valence-electron chi connectivity index (χ0n) is 21.2. The van der Waals surface area contributed by atoms with Crippen LogP contribution in [0, 0.1) is 16.7 Å². The van der Waals surface area contributed by atoms with Gasteiger partial charge >= 0.3 is 6.09 Å². The molecule has 1 saturated heterocycles. The average Bonchev–Trinajstić information content (AvgIpc) is 2.86. The number of benzene rings is 2. The summed E-state index contributed by atoms with van der Waals surface area (Å²) in [5.74, 6) is 0. The predicted molar refractivity (Wildman–Crippen MR) is 139 cm³/mol. The summed E-state index contributed by atoms with van der Waals surface area (Å²) in [5, 5.41) is 9.65. The smallest absolute Gasteiger partial charge is 0.411 e. The molecule has 2 atom stereocenters. The van der Waals surface area contributed by atoms with Crippen molar-refractivity contribution in [2.75, 3.05) is 6.54 Å². The van der Waals surface area contributed by atoms with Crippen molar-refractivity contribution in [2.45, 2.75) is 45.3 Å². The van der Waals surface area contributed by atoms with Gasteiger partial charge in [-0.15, -0.1) is 0 Å². The lowest BCUT2D eigenvalue weighted by molar-refractivity contribution is -0.0770. The molecule has 1 aliphatic rings. The summed E-state index contributed by atoms with van der Waals surface area (Å²) in [7, 11) is 1.72. The van der Waals surface area contributed by atoms with E-state index in [1.807, 2.05) is 81.4 Å². The third-order valence-corrected chi connectivity index (χ3v) is 6.90. The number of rotatable bonds is 6. The third-order valence-electron chi connectivity index (χ3n) is 6.90. The highest BCUT2D eigenvalue weighted by molar-refractivity contribution is 5.70. The minimum Gasteiger partial charge on any atom is -0.438 e. The average molecular weight is 488 g/mol. The SMILES string of the molecule is C[C@@H](c1ccc(-c2ccn(C)c(=O)c2)cc1)N1CC[C@](CC(C)(C)C#N)(c2ccccc2)OC1=O.O. The van der Waals surface area contributed by atoms with Crippen LogP contribution in [0.1, 0.15) is 50.8 Å². The maximum atomic E-state index is 13.3. The van der Waals surface area contributed by atoms with E-state index in [9.17, 15) is 14.9 Å². The van der Waals surface area contributed by atoms with Crippen molar-refractivity contribution >= 4 is 6.09 Å². The Bertz CT molecular complexity index is 1310. The van der Waals surface area contributed by atoms with E-state index in [0.717, 1.165) is 22.3 Å². The lowest BCUT2D eigenvalue weighted by Gasteiger charge is -2.45. The Balaban J connectivity index is 0.00000361. The number of carbonyl (C=O) groups is 1. The number of cyclic esters (lactones) is 1. The largest absolute Gasteiger partial charge is 0.438 e. The van der Waals surface area contributed by atoms with Crippen LogP contribution in [0.4, 0.5) is 4.79 Å². The number of pyridine rings is 1. The molecule has 3 aromatic rings. The van der Waals surface area contributed by atoms with Crippen LogP contribution in [0.5, 0.6) is 0 Å². The van der Waals surface area contributed by atoms with Crippen molar-refractivity contribution in [3.05, 3.63) is 94.4 Å². The van der Waals surface area contributed by atoms with Gasteiger partial charge in [0.25, 0.3) is 5.56 Å². The molecule has 4 rings (SSSR count). The Morgan fingerprint density at radius 2 is 1.72 bits per heavy atom. The Morgan fingerprint density at radius 3 is 2.31 bits per heavy atom. The van der Waals surface area contributed by atoms with E-state index in [1.165, 1.54) is 4.57 Å². The zero-order chi connectivity index (χ0) is 25.2. The normalized spacial score (nSPS) is 18.5. The van der Waals surface area contributed by atoms with Crippen LogP contribution in [-0.4, -0.2) is 27.6 Å². The fourth-order valence-corrected chi connectivity index (χ4v) is 4.81. The lowest BCUT2D eigenvalue weighted by atomic mass is 9.75. The summed E-state index contributed by atoms with van der Waals surface area (Å²) in [5.41, 5.74) is 2.17. The van der Waals surface area contributed by atoms with Crippen LogP contribution < -0.4 is 5.56 Å². The van der Waals surface area contributed by atoms with Crippen molar-refractivity contribution in [3.63, 3.8) is 0 Å². The molecule has 7 nitrogen and oxygen atoms in total. The topological polar surface area (TPSA) is 107 Å². The van der Waals surface area contributed by atoms with Crippen LogP contribution in [0.15, 0.2) is 77.7 Å². The maximum Gasteiger partial charge on any atom is 0.411 e. The molecule has 1 aliphatic heterocycles. The molecule has 0 unspecified atom stereocenters. The quantitative estimate of drug-likeness (QED) is 0.489. The number of hydrogen-bond donors (Lipinski definition) is 0. The maximum absolute atomic E-state index is 13.3. The highest BCUT2D eigenvalue weighted by atomic mass is 16.6. The molecule has 2 aromatic carbocycles. The molecule has 0 bridgehead atoms. The Kier molecular flexibility index (Phi) is 7.71.